The number of halogens is 2. The van der Waals surface area contributed by atoms with Crippen molar-refractivity contribution in [1.29, 1.82) is 0 Å². The molecule has 2 aromatic rings. The highest BCUT2D eigenvalue weighted by molar-refractivity contribution is 14.1. The fourth-order valence-corrected chi connectivity index (χ4v) is 3.71. The number of furan rings is 1. The molecular formula is C17H13BrINO4S. The third-order valence-electron chi connectivity index (χ3n) is 3.42. The van der Waals surface area contributed by atoms with E-state index in [-0.39, 0.29) is 24.3 Å². The average molecular weight is 534 g/mol. The van der Waals surface area contributed by atoms with Crippen LogP contribution in [-0.4, -0.2) is 29.2 Å². The molecule has 5 nitrogen and oxygen atoms in total. The van der Waals surface area contributed by atoms with Gasteiger partial charge in [-0.15, -0.1) is 0 Å². The van der Waals surface area contributed by atoms with Gasteiger partial charge in [-0.25, -0.2) is 0 Å². The van der Waals surface area contributed by atoms with Gasteiger partial charge in [0.2, 0.25) is 0 Å². The van der Waals surface area contributed by atoms with Gasteiger partial charge in [-0.05, 0) is 52.8 Å². The van der Waals surface area contributed by atoms with Crippen LogP contribution in [0.1, 0.15) is 11.3 Å². The van der Waals surface area contributed by atoms with E-state index < -0.39 is 0 Å². The van der Waals surface area contributed by atoms with Gasteiger partial charge in [0.15, 0.2) is 3.77 Å². The molecular weight excluding hydrogens is 521 g/mol. The standard InChI is InChI=1S/C17H13BrINO4S/c1-10-2-4-11(5-3-10)23-7-6-20-16(21)14(25-17(20)22)9-12-8-13(18)15(19)24-12/h2-5,8-9H,6-7H2,1H3/b14-9-. The topological polar surface area (TPSA) is 59.8 Å². The number of aryl methyl sites for hydroxylation is 1. The van der Waals surface area contributed by atoms with E-state index in [4.69, 9.17) is 9.15 Å². The molecule has 2 heterocycles. The van der Waals surface area contributed by atoms with Gasteiger partial charge < -0.3 is 9.15 Å². The Balaban J connectivity index is 1.62. The molecule has 0 atom stereocenters. The van der Waals surface area contributed by atoms with Crippen molar-refractivity contribution in [3.8, 4) is 5.75 Å². The maximum atomic E-state index is 12.4. The molecule has 0 bridgehead atoms. The first-order valence-electron chi connectivity index (χ1n) is 7.34. The van der Waals surface area contributed by atoms with Crippen LogP contribution >= 0.6 is 50.3 Å². The molecule has 1 aromatic heterocycles. The average Bonchev–Trinajstić information content (AvgIpc) is 3.02. The van der Waals surface area contributed by atoms with Crippen molar-refractivity contribution in [3.63, 3.8) is 0 Å². The van der Waals surface area contributed by atoms with Gasteiger partial charge in [0, 0.05) is 28.7 Å². The summed E-state index contributed by atoms with van der Waals surface area (Å²) in [6.45, 7) is 2.45. The molecule has 0 radical (unpaired) electrons. The SMILES string of the molecule is Cc1ccc(OCCN2C(=O)S/C(=C\c3cc(Br)c(I)o3)C2=O)cc1. The largest absolute Gasteiger partial charge is 0.492 e. The summed E-state index contributed by atoms with van der Waals surface area (Å²) >= 11 is 6.30. The van der Waals surface area contributed by atoms with E-state index >= 15 is 0 Å². The molecule has 0 N–H and O–H groups in total. The van der Waals surface area contributed by atoms with Gasteiger partial charge in [-0.3, -0.25) is 14.5 Å². The lowest BCUT2D eigenvalue weighted by molar-refractivity contribution is -0.123. The van der Waals surface area contributed by atoms with Gasteiger partial charge in [0.05, 0.1) is 15.9 Å². The van der Waals surface area contributed by atoms with Crippen molar-refractivity contribution in [2.75, 3.05) is 13.2 Å². The number of carbonyl (C=O) groups excluding carboxylic acids is 2. The number of ether oxygens (including phenoxy) is 1. The zero-order valence-electron chi connectivity index (χ0n) is 13.1. The zero-order chi connectivity index (χ0) is 18.0. The van der Waals surface area contributed by atoms with Crippen LogP contribution in [0.3, 0.4) is 0 Å². The first-order valence-corrected chi connectivity index (χ1v) is 10.0. The summed E-state index contributed by atoms with van der Waals surface area (Å²) in [5.74, 6) is 0.908. The summed E-state index contributed by atoms with van der Waals surface area (Å²) < 4.78 is 12.6. The Morgan fingerprint density at radius 3 is 2.68 bits per heavy atom. The fourth-order valence-electron chi connectivity index (χ4n) is 2.15. The number of hydrogen-bond acceptors (Lipinski definition) is 5. The van der Waals surface area contributed by atoms with E-state index in [2.05, 4.69) is 15.9 Å². The van der Waals surface area contributed by atoms with Crippen molar-refractivity contribution in [3.05, 3.63) is 54.8 Å². The summed E-state index contributed by atoms with van der Waals surface area (Å²) in [5.41, 5.74) is 1.14. The predicted octanol–water partition coefficient (Wildman–Crippen LogP) is 5.07. The van der Waals surface area contributed by atoms with Crippen LogP contribution < -0.4 is 4.74 Å². The molecule has 1 saturated heterocycles. The smallest absolute Gasteiger partial charge is 0.293 e. The third kappa shape index (κ3) is 4.48. The summed E-state index contributed by atoms with van der Waals surface area (Å²) in [7, 11) is 0. The summed E-state index contributed by atoms with van der Waals surface area (Å²) in [6, 6.07) is 9.37. The van der Waals surface area contributed by atoms with Crippen molar-refractivity contribution >= 4 is 67.5 Å². The minimum Gasteiger partial charge on any atom is -0.492 e. The number of carbonyl (C=O) groups is 2. The van der Waals surface area contributed by atoms with E-state index in [1.807, 2.05) is 53.8 Å². The lowest BCUT2D eigenvalue weighted by atomic mass is 10.2. The monoisotopic (exact) mass is 533 g/mol. The molecule has 130 valence electrons. The molecule has 0 aliphatic carbocycles. The van der Waals surface area contributed by atoms with Crippen LogP contribution in [0.5, 0.6) is 5.75 Å². The Bertz CT molecular complexity index is 827. The Labute approximate surface area is 171 Å². The Morgan fingerprint density at radius 2 is 2.04 bits per heavy atom. The fraction of sp³-hybridized carbons (Fsp3) is 0.176. The highest BCUT2D eigenvalue weighted by Crippen LogP contribution is 2.33. The van der Waals surface area contributed by atoms with Gasteiger partial charge >= 0.3 is 0 Å². The second-order valence-electron chi connectivity index (χ2n) is 5.27. The summed E-state index contributed by atoms with van der Waals surface area (Å²) in [6.07, 6.45) is 1.58. The second kappa shape index (κ2) is 7.96. The molecule has 1 aromatic carbocycles. The van der Waals surface area contributed by atoms with E-state index in [0.717, 1.165) is 21.8 Å². The van der Waals surface area contributed by atoms with Crippen LogP contribution in [0, 0.1) is 10.7 Å². The van der Waals surface area contributed by atoms with Gasteiger partial charge in [0.25, 0.3) is 11.1 Å². The van der Waals surface area contributed by atoms with Crippen LogP contribution in [-0.2, 0) is 4.79 Å². The van der Waals surface area contributed by atoms with Crippen LogP contribution in [0.2, 0.25) is 0 Å². The zero-order valence-corrected chi connectivity index (χ0v) is 17.7. The number of imide groups is 1. The van der Waals surface area contributed by atoms with E-state index in [1.165, 1.54) is 4.90 Å². The van der Waals surface area contributed by atoms with Gasteiger partial charge in [-0.1, -0.05) is 17.7 Å². The lowest BCUT2D eigenvalue weighted by Gasteiger charge is -2.13. The Hall–Kier alpha value is -1.26. The minimum absolute atomic E-state index is 0.204. The normalized spacial score (nSPS) is 16.1. The third-order valence-corrected chi connectivity index (χ3v) is 6.45. The van der Waals surface area contributed by atoms with Gasteiger partial charge in [-0.2, -0.15) is 0 Å². The van der Waals surface area contributed by atoms with Crippen LogP contribution in [0.15, 0.2) is 44.1 Å². The van der Waals surface area contributed by atoms with Crippen molar-refractivity contribution < 1.29 is 18.7 Å². The van der Waals surface area contributed by atoms with Crippen molar-refractivity contribution in [1.82, 2.24) is 4.90 Å². The maximum absolute atomic E-state index is 12.4. The molecule has 2 amide bonds. The number of nitrogens with zero attached hydrogens (tertiary/aromatic N) is 1. The molecule has 3 rings (SSSR count). The molecule has 1 aliphatic rings. The Kier molecular flexibility index (Phi) is 5.90. The Morgan fingerprint density at radius 1 is 1.32 bits per heavy atom. The molecule has 25 heavy (non-hydrogen) atoms. The molecule has 1 fully saturated rings. The number of benzene rings is 1. The van der Waals surface area contributed by atoms with E-state index in [1.54, 1.807) is 12.1 Å². The number of hydrogen-bond donors (Lipinski definition) is 0. The van der Waals surface area contributed by atoms with Crippen molar-refractivity contribution in [2.45, 2.75) is 6.92 Å². The minimum atomic E-state index is -0.329. The molecule has 0 unspecified atom stereocenters. The maximum Gasteiger partial charge on any atom is 0.293 e. The highest BCUT2D eigenvalue weighted by Gasteiger charge is 2.35. The molecule has 8 heteroatoms. The quantitative estimate of drug-likeness (QED) is 0.396. The first kappa shape index (κ1) is 18.5. The molecule has 0 spiro atoms. The van der Waals surface area contributed by atoms with E-state index in [9.17, 15) is 9.59 Å². The molecule has 1 aliphatic heterocycles. The first-order chi connectivity index (χ1) is 11.9. The number of rotatable bonds is 5. The summed E-state index contributed by atoms with van der Waals surface area (Å²) in [4.78, 5) is 26.0. The van der Waals surface area contributed by atoms with Gasteiger partial charge in [0.1, 0.15) is 18.1 Å². The lowest BCUT2D eigenvalue weighted by Crippen LogP contribution is -2.32. The molecule has 0 saturated carbocycles. The van der Waals surface area contributed by atoms with Crippen LogP contribution in [0.25, 0.3) is 6.08 Å². The van der Waals surface area contributed by atoms with Crippen molar-refractivity contribution in [2.24, 2.45) is 0 Å². The predicted molar refractivity (Wildman–Crippen MR) is 108 cm³/mol. The highest BCUT2D eigenvalue weighted by atomic mass is 127. The second-order valence-corrected chi connectivity index (χ2v) is 8.09. The number of amides is 2. The number of thioether (sulfide) groups is 1. The summed E-state index contributed by atoms with van der Waals surface area (Å²) in [5, 5.41) is -0.302. The van der Waals surface area contributed by atoms with E-state index in [0.29, 0.717) is 20.2 Å². The van der Waals surface area contributed by atoms with Crippen LogP contribution in [0.4, 0.5) is 4.79 Å².